The summed E-state index contributed by atoms with van der Waals surface area (Å²) in [4.78, 5) is 10.8. The molecule has 0 fully saturated rings. The molecule has 0 bridgehead atoms. The molecule has 1 unspecified atom stereocenters. The van der Waals surface area contributed by atoms with Gasteiger partial charge in [0.15, 0.2) is 0 Å². The lowest BCUT2D eigenvalue weighted by Gasteiger charge is -2.13. The molecule has 6 heteroatoms. The Labute approximate surface area is 107 Å². The van der Waals surface area contributed by atoms with Gasteiger partial charge in [0, 0.05) is 19.5 Å². The first-order chi connectivity index (χ1) is 8.36. The number of rotatable bonds is 6. The lowest BCUT2D eigenvalue weighted by molar-refractivity contribution is -0.386. The number of nitro groups is 1. The number of nitrogens with two attached hydrogens (primary N) is 1. The Morgan fingerprint density at radius 3 is 2.56 bits per heavy atom. The molecular formula is C12H22N4O2. The molecule has 102 valence electrons. The van der Waals surface area contributed by atoms with Crippen molar-refractivity contribution in [3.8, 4) is 0 Å². The van der Waals surface area contributed by atoms with Crippen LogP contribution >= 0.6 is 0 Å². The fourth-order valence-corrected chi connectivity index (χ4v) is 2.22. The second kappa shape index (κ2) is 5.95. The molecule has 2 N–H and O–H groups in total. The predicted octanol–water partition coefficient (Wildman–Crippen LogP) is 1.81. The average Bonchev–Trinajstić information content (AvgIpc) is 2.54. The topological polar surface area (TPSA) is 87.0 Å². The Hall–Kier alpha value is -1.43. The summed E-state index contributed by atoms with van der Waals surface area (Å²) in [5.41, 5.74) is 7.34. The van der Waals surface area contributed by atoms with Gasteiger partial charge in [0.05, 0.1) is 4.92 Å². The van der Waals surface area contributed by atoms with Crippen LogP contribution in [-0.2, 0) is 19.9 Å². The van der Waals surface area contributed by atoms with Crippen molar-refractivity contribution >= 4 is 5.69 Å². The van der Waals surface area contributed by atoms with E-state index in [1.807, 2.05) is 6.92 Å². The standard InChI is InChI=1S/C12H22N4O2/c1-5-10-12(16(17)18)11(15(4)14-10)7-9(13)6-8(2)3/h8-9H,5-7,13H2,1-4H3. The van der Waals surface area contributed by atoms with Crippen LogP contribution in [0.15, 0.2) is 0 Å². The van der Waals surface area contributed by atoms with E-state index in [4.69, 9.17) is 5.73 Å². The summed E-state index contributed by atoms with van der Waals surface area (Å²) in [7, 11) is 1.74. The highest BCUT2D eigenvalue weighted by molar-refractivity contribution is 5.41. The third-order valence-corrected chi connectivity index (χ3v) is 2.96. The molecule has 0 saturated carbocycles. The number of hydrogen-bond donors (Lipinski definition) is 1. The Kier molecular flexibility index (Phi) is 4.84. The van der Waals surface area contributed by atoms with Crippen LogP contribution in [0.5, 0.6) is 0 Å². The maximum atomic E-state index is 11.1. The summed E-state index contributed by atoms with van der Waals surface area (Å²) in [6.07, 6.45) is 1.91. The molecule has 0 aliphatic heterocycles. The van der Waals surface area contributed by atoms with Crippen LogP contribution in [0.4, 0.5) is 5.69 Å². The van der Waals surface area contributed by atoms with Crippen molar-refractivity contribution in [2.45, 2.75) is 46.1 Å². The SMILES string of the molecule is CCc1nn(C)c(CC(N)CC(C)C)c1[N+](=O)[O-]. The van der Waals surface area contributed by atoms with Gasteiger partial charge in [-0.25, -0.2) is 0 Å². The van der Waals surface area contributed by atoms with Crippen molar-refractivity contribution < 1.29 is 4.92 Å². The summed E-state index contributed by atoms with van der Waals surface area (Å²) in [6.45, 7) is 6.05. The minimum absolute atomic E-state index is 0.0659. The second-order valence-electron chi connectivity index (χ2n) is 5.07. The molecule has 1 atom stereocenters. The van der Waals surface area contributed by atoms with Gasteiger partial charge < -0.3 is 5.73 Å². The zero-order chi connectivity index (χ0) is 13.9. The van der Waals surface area contributed by atoms with E-state index in [9.17, 15) is 10.1 Å². The third kappa shape index (κ3) is 3.29. The lowest BCUT2D eigenvalue weighted by atomic mass is 10.00. The van der Waals surface area contributed by atoms with Gasteiger partial charge in [-0.2, -0.15) is 5.10 Å². The van der Waals surface area contributed by atoms with Crippen molar-refractivity contribution in [3.63, 3.8) is 0 Å². The summed E-state index contributed by atoms with van der Waals surface area (Å²) >= 11 is 0. The van der Waals surface area contributed by atoms with Crippen LogP contribution in [0, 0.1) is 16.0 Å². The normalized spacial score (nSPS) is 13.0. The van der Waals surface area contributed by atoms with Gasteiger partial charge in [-0.1, -0.05) is 20.8 Å². The van der Waals surface area contributed by atoms with E-state index in [0.717, 1.165) is 6.42 Å². The maximum Gasteiger partial charge on any atom is 0.313 e. The van der Waals surface area contributed by atoms with Gasteiger partial charge in [-0.15, -0.1) is 0 Å². The van der Waals surface area contributed by atoms with Crippen molar-refractivity contribution in [1.82, 2.24) is 9.78 Å². The van der Waals surface area contributed by atoms with E-state index in [-0.39, 0.29) is 16.7 Å². The molecule has 18 heavy (non-hydrogen) atoms. The first kappa shape index (κ1) is 14.6. The first-order valence-electron chi connectivity index (χ1n) is 6.31. The van der Waals surface area contributed by atoms with Crippen LogP contribution in [-0.4, -0.2) is 20.7 Å². The van der Waals surface area contributed by atoms with Crippen LogP contribution in [0.1, 0.15) is 38.6 Å². The molecule has 1 aromatic heterocycles. The summed E-state index contributed by atoms with van der Waals surface area (Å²) < 4.78 is 1.59. The highest BCUT2D eigenvalue weighted by atomic mass is 16.6. The minimum Gasteiger partial charge on any atom is -0.327 e. The molecule has 0 saturated heterocycles. The average molecular weight is 254 g/mol. The fraction of sp³-hybridized carbons (Fsp3) is 0.750. The highest BCUT2D eigenvalue weighted by Gasteiger charge is 2.26. The Balaban J connectivity index is 3.00. The monoisotopic (exact) mass is 254 g/mol. The molecule has 1 aromatic rings. The van der Waals surface area contributed by atoms with Crippen molar-refractivity contribution in [2.24, 2.45) is 18.7 Å². The molecule has 1 heterocycles. The van der Waals surface area contributed by atoms with Gasteiger partial charge >= 0.3 is 5.69 Å². The molecule has 0 aliphatic carbocycles. The van der Waals surface area contributed by atoms with Crippen molar-refractivity contribution in [2.75, 3.05) is 0 Å². The van der Waals surface area contributed by atoms with Crippen molar-refractivity contribution in [1.29, 1.82) is 0 Å². The number of nitrogens with zero attached hydrogens (tertiary/aromatic N) is 3. The minimum atomic E-state index is -0.344. The molecule has 0 amide bonds. The highest BCUT2D eigenvalue weighted by Crippen LogP contribution is 2.25. The maximum absolute atomic E-state index is 11.1. The fourth-order valence-electron chi connectivity index (χ4n) is 2.22. The number of aryl methyl sites for hydroxylation is 2. The van der Waals surface area contributed by atoms with E-state index in [1.165, 1.54) is 0 Å². The summed E-state index contributed by atoms with van der Waals surface area (Å²) in [5.74, 6) is 0.484. The Morgan fingerprint density at radius 1 is 1.50 bits per heavy atom. The molecule has 1 rings (SSSR count). The van der Waals surface area contributed by atoms with Crippen LogP contribution in [0.2, 0.25) is 0 Å². The Bertz CT molecular complexity index is 426. The largest absolute Gasteiger partial charge is 0.327 e. The van der Waals surface area contributed by atoms with E-state index in [0.29, 0.717) is 30.1 Å². The van der Waals surface area contributed by atoms with E-state index < -0.39 is 0 Å². The zero-order valence-electron chi connectivity index (χ0n) is 11.5. The van der Waals surface area contributed by atoms with Gasteiger partial charge in [-0.3, -0.25) is 14.8 Å². The smallest absolute Gasteiger partial charge is 0.313 e. The van der Waals surface area contributed by atoms with Crippen molar-refractivity contribution in [3.05, 3.63) is 21.5 Å². The van der Waals surface area contributed by atoms with E-state index in [1.54, 1.807) is 11.7 Å². The lowest BCUT2D eigenvalue weighted by Crippen LogP contribution is -2.26. The van der Waals surface area contributed by atoms with Gasteiger partial charge in [0.1, 0.15) is 11.4 Å². The molecule has 0 aromatic carbocycles. The molecule has 0 aliphatic rings. The van der Waals surface area contributed by atoms with Gasteiger partial charge in [-0.05, 0) is 18.8 Å². The number of hydrogen-bond acceptors (Lipinski definition) is 4. The summed E-state index contributed by atoms with van der Waals surface area (Å²) in [6, 6.07) is -0.0659. The quantitative estimate of drug-likeness (QED) is 0.619. The molecule has 0 radical (unpaired) electrons. The summed E-state index contributed by atoms with van der Waals surface area (Å²) in [5, 5.41) is 15.3. The predicted molar refractivity (Wildman–Crippen MR) is 70.4 cm³/mol. The van der Waals surface area contributed by atoms with Crippen LogP contribution in [0.3, 0.4) is 0 Å². The second-order valence-corrected chi connectivity index (χ2v) is 5.07. The van der Waals surface area contributed by atoms with Gasteiger partial charge in [0.25, 0.3) is 0 Å². The van der Waals surface area contributed by atoms with Gasteiger partial charge in [0.2, 0.25) is 0 Å². The first-order valence-corrected chi connectivity index (χ1v) is 6.31. The van der Waals surface area contributed by atoms with Crippen LogP contribution < -0.4 is 5.73 Å². The Morgan fingerprint density at radius 2 is 2.11 bits per heavy atom. The molecular weight excluding hydrogens is 232 g/mol. The molecule has 6 nitrogen and oxygen atoms in total. The van der Waals surface area contributed by atoms with E-state index >= 15 is 0 Å². The zero-order valence-corrected chi connectivity index (χ0v) is 11.5. The number of aromatic nitrogens is 2. The van der Waals surface area contributed by atoms with Crippen LogP contribution in [0.25, 0.3) is 0 Å². The molecule has 0 spiro atoms. The third-order valence-electron chi connectivity index (χ3n) is 2.96. The van der Waals surface area contributed by atoms with E-state index in [2.05, 4.69) is 18.9 Å².